The van der Waals surface area contributed by atoms with Gasteiger partial charge in [0.15, 0.2) is 0 Å². The van der Waals surface area contributed by atoms with E-state index in [1.54, 1.807) is 13.1 Å². The molecule has 2 aliphatic rings. The van der Waals surface area contributed by atoms with Gasteiger partial charge in [-0.2, -0.15) is 22.5 Å². The van der Waals surface area contributed by atoms with E-state index in [1.165, 1.54) is 16.4 Å². The Balaban J connectivity index is 1.35. The zero-order valence-corrected chi connectivity index (χ0v) is 16.2. The van der Waals surface area contributed by atoms with E-state index in [0.29, 0.717) is 5.92 Å². The molecule has 6 nitrogen and oxygen atoms in total. The summed E-state index contributed by atoms with van der Waals surface area (Å²) in [6, 6.07) is 8.54. The quantitative estimate of drug-likeness (QED) is 0.793. The van der Waals surface area contributed by atoms with Crippen molar-refractivity contribution in [1.82, 2.24) is 19.2 Å². The molecule has 0 saturated heterocycles. The van der Waals surface area contributed by atoms with Crippen LogP contribution in [0.4, 0.5) is 4.39 Å². The van der Waals surface area contributed by atoms with Gasteiger partial charge in [0, 0.05) is 36.3 Å². The molecule has 0 atom stereocenters. The summed E-state index contributed by atoms with van der Waals surface area (Å²) in [5.41, 5.74) is 2.52. The van der Waals surface area contributed by atoms with Gasteiger partial charge >= 0.3 is 0 Å². The zero-order chi connectivity index (χ0) is 19.0. The Morgan fingerprint density at radius 1 is 1.15 bits per heavy atom. The van der Waals surface area contributed by atoms with E-state index in [1.807, 2.05) is 12.1 Å². The lowest BCUT2D eigenvalue weighted by molar-refractivity contribution is 0.358. The number of hydrogen-bond acceptors (Lipinski definition) is 3. The third-order valence-electron chi connectivity index (χ3n) is 5.64. The van der Waals surface area contributed by atoms with Crippen LogP contribution in [-0.2, 0) is 10.2 Å². The Morgan fingerprint density at radius 3 is 2.56 bits per heavy atom. The number of rotatable bonds is 6. The average Bonchev–Trinajstić information content (AvgIpc) is 3.37. The summed E-state index contributed by atoms with van der Waals surface area (Å²) in [5, 5.41) is 7.40. The Morgan fingerprint density at radius 2 is 1.89 bits per heavy atom. The van der Waals surface area contributed by atoms with E-state index in [9.17, 15) is 12.8 Å². The Hall–Kier alpha value is -1.77. The molecule has 2 N–H and O–H groups in total. The minimum atomic E-state index is -3.39. The van der Waals surface area contributed by atoms with Gasteiger partial charge in [0.1, 0.15) is 5.82 Å². The molecule has 2 aliphatic carbocycles. The van der Waals surface area contributed by atoms with Crippen molar-refractivity contribution in [2.45, 2.75) is 56.5 Å². The van der Waals surface area contributed by atoms with Crippen LogP contribution in [0, 0.1) is 5.82 Å². The van der Waals surface area contributed by atoms with Gasteiger partial charge in [-0.3, -0.25) is 5.10 Å². The molecule has 146 valence electrons. The molecule has 4 rings (SSSR count). The first-order chi connectivity index (χ1) is 12.9. The molecular weight excluding hydrogens is 367 g/mol. The Bertz CT molecular complexity index is 902. The number of nitrogens with zero attached hydrogens (tertiary/aromatic N) is 2. The maximum atomic E-state index is 13.4. The van der Waals surface area contributed by atoms with Crippen molar-refractivity contribution in [2.75, 3.05) is 7.05 Å². The van der Waals surface area contributed by atoms with Crippen LogP contribution in [0.5, 0.6) is 0 Å². The molecule has 27 heavy (non-hydrogen) atoms. The predicted molar refractivity (Wildman–Crippen MR) is 102 cm³/mol. The van der Waals surface area contributed by atoms with E-state index in [2.05, 4.69) is 14.9 Å². The highest BCUT2D eigenvalue weighted by Gasteiger charge is 2.36. The highest BCUT2D eigenvalue weighted by atomic mass is 32.2. The predicted octanol–water partition coefficient (Wildman–Crippen LogP) is 3.17. The van der Waals surface area contributed by atoms with Gasteiger partial charge in [0.05, 0.1) is 5.69 Å². The molecule has 2 saturated carbocycles. The van der Waals surface area contributed by atoms with Gasteiger partial charge in [-0.15, -0.1) is 0 Å². The first-order valence-corrected chi connectivity index (χ1v) is 10.9. The Labute approximate surface area is 159 Å². The highest BCUT2D eigenvalue weighted by molar-refractivity contribution is 7.87. The van der Waals surface area contributed by atoms with Gasteiger partial charge in [-0.05, 0) is 56.7 Å². The molecule has 0 bridgehead atoms. The van der Waals surface area contributed by atoms with Crippen molar-refractivity contribution in [3.8, 4) is 11.3 Å². The molecule has 0 radical (unpaired) electrons. The number of hydrogen-bond donors (Lipinski definition) is 2. The van der Waals surface area contributed by atoms with Crippen molar-refractivity contribution in [3.05, 3.63) is 41.8 Å². The summed E-state index contributed by atoms with van der Waals surface area (Å²) in [6.45, 7) is 0. The molecule has 2 aromatic rings. The average molecular weight is 393 g/mol. The van der Waals surface area contributed by atoms with Crippen LogP contribution < -0.4 is 4.72 Å². The van der Waals surface area contributed by atoms with Crippen LogP contribution in [0.1, 0.15) is 50.1 Å². The SMILES string of the molecule is CN(C1CC1)S(=O)(=O)NC1CCC(c2cc(-c3cccc(F)c3)n[nH]2)CC1. The molecule has 1 aromatic carbocycles. The maximum absolute atomic E-state index is 13.4. The first-order valence-electron chi connectivity index (χ1n) is 9.49. The molecule has 1 aromatic heterocycles. The standard InChI is InChI=1S/C19H25FN4O2S/c1-24(17-9-10-17)27(25,26)23-16-7-5-13(6-8-16)18-12-19(22-21-18)14-3-2-4-15(20)11-14/h2-4,11-13,16-17,23H,5-10H2,1H3,(H,21,22). The summed E-state index contributed by atoms with van der Waals surface area (Å²) >= 11 is 0. The third-order valence-corrected chi connectivity index (χ3v) is 7.33. The number of H-pyrrole nitrogens is 1. The second-order valence-electron chi connectivity index (χ2n) is 7.64. The molecule has 0 unspecified atom stereocenters. The number of aromatic nitrogens is 2. The van der Waals surface area contributed by atoms with Crippen molar-refractivity contribution in [1.29, 1.82) is 0 Å². The van der Waals surface area contributed by atoms with E-state index in [4.69, 9.17) is 0 Å². The van der Waals surface area contributed by atoms with Crippen molar-refractivity contribution in [2.24, 2.45) is 0 Å². The lowest BCUT2D eigenvalue weighted by Crippen LogP contribution is -2.45. The molecule has 2 fully saturated rings. The number of aromatic amines is 1. The van der Waals surface area contributed by atoms with Gasteiger partial charge in [-0.1, -0.05) is 12.1 Å². The topological polar surface area (TPSA) is 78.1 Å². The third kappa shape index (κ3) is 4.23. The fourth-order valence-corrected chi connectivity index (χ4v) is 5.22. The minimum Gasteiger partial charge on any atom is -0.282 e. The minimum absolute atomic E-state index is 0.0157. The van der Waals surface area contributed by atoms with E-state index in [-0.39, 0.29) is 17.9 Å². The van der Waals surface area contributed by atoms with E-state index in [0.717, 1.165) is 55.5 Å². The number of benzene rings is 1. The molecule has 0 amide bonds. The lowest BCUT2D eigenvalue weighted by Gasteiger charge is -2.29. The van der Waals surface area contributed by atoms with Gasteiger partial charge in [-0.25, -0.2) is 4.39 Å². The molecular formula is C19H25FN4O2S. The molecule has 0 aliphatic heterocycles. The lowest BCUT2D eigenvalue weighted by atomic mass is 9.84. The molecule has 8 heteroatoms. The first kappa shape index (κ1) is 18.6. The fraction of sp³-hybridized carbons (Fsp3) is 0.526. The van der Waals surface area contributed by atoms with Crippen molar-refractivity contribution < 1.29 is 12.8 Å². The van der Waals surface area contributed by atoms with E-state index < -0.39 is 10.2 Å². The van der Waals surface area contributed by atoms with Crippen LogP contribution in [0.15, 0.2) is 30.3 Å². The van der Waals surface area contributed by atoms with Crippen molar-refractivity contribution in [3.63, 3.8) is 0 Å². The fourth-order valence-electron chi connectivity index (χ4n) is 3.79. The summed E-state index contributed by atoms with van der Waals surface area (Å²) in [7, 11) is -1.73. The van der Waals surface area contributed by atoms with Crippen LogP contribution in [-0.4, -0.2) is 42.1 Å². The number of halogens is 1. The molecule has 1 heterocycles. The van der Waals surface area contributed by atoms with Crippen LogP contribution in [0.25, 0.3) is 11.3 Å². The second-order valence-corrected chi connectivity index (χ2v) is 9.40. The Kier molecular flexibility index (Phi) is 5.05. The summed E-state index contributed by atoms with van der Waals surface area (Å²) in [4.78, 5) is 0. The zero-order valence-electron chi connectivity index (χ0n) is 15.4. The summed E-state index contributed by atoms with van der Waals surface area (Å²) < 4.78 is 42.5. The monoisotopic (exact) mass is 392 g/mol. The van der Waals surface area contributed by atoms with Crippen molar-refractivity contribution >= 4 is 10.2 Å². The largest absolute Gasteiger partial charge is 0.282 e. The normalized spacial score (nSPS) is 23.7. The number of nitrogens with one attached hydrogen (secondary N) is 2. The summed E-state index contributed by atoms with van der Waals surface area (Å²) in [6.07, 6.45) is 5.30. The highest BCUT2D eigenvalue weighted by Crippen LogP contribution is 2.34. The van der Waals surface area contributed by atoms with Gasteiger partial charge in [0.2, 0.25) is 0 Å². The van der Waals surface area contributed by atoms with Gasteiger partial charge in [0.25, 0.3) is 10.2 Å². The second kappa shape index (κ2) is 7.33. The van der Waals surface area contributed by atoms with Crippen LogP contribution in [0.3, 0.4) is 0 Å². The van der Waals surface area contributed by atoms with Crippen LogP contribution >= 0.6 is 0 Å². The smallest absolute Gasteiger partial charge is 0.279 e. The maximum Gasteiger partial charge on any atom is 0.279 e. The van der Waals surface area contributed by atoms with Gasteiger partial charge < -0.3 is 0 Å². The molecule has 0 spiro atoms. The van der Waals surface area contributed by atoms with Crippen LogP contribution in [0.2, 0.25) is 0 Å². The van der Waals surface area contributed by atoms with E-state index >= 15 is 0 Å². The summed E-state index contributed by atoms with van der Waals surface area (Å²) in [5.74, 6) is 0.0442.